The van der Waals surface area contributed by atoms with Crippen LogP contribution < -0.4 is 10.1 Å². The van der Waals surface area contributed by atoms with E-state index >= 15 is 0 Å². The van der Waals surface area contributed by atoms with E-state index in [9.17, 15) is 18.8 Å². The first kappa shape index (κ1) is 23.7. The van der Waals surface area contributed by atoms with Gasteiger partial charge in [0, 0.05) is 32.1 Å². The van der Waals surface area contributed by atoms with Crippen LogP contribution in [-0.4, -0.2) is 60.3 Å². The number of ether oxygens (including phenoxy) is 1. The molecular weight excluding hydrogens is 437 g/mol. The van der Waals surface area contributed by atoms with Crippen molar-refractivity contribution < 1.29 is 23.5 Å². The van der Waals surface area contributed by atoms with Crippen molar-refractivity contribution in [3.8, 4) is 5.75 Å². The van der Waals surface area contributed by atoms with Crippen LogP contribution in [-0.2, 0) is 14.4 Å². The highest BCUT2D eigenvalue weighted by Gasteiger charge is 2.37. The number of halogens is 1. The van der Waals surface area contributed by atoms with E-state index < -0.39 is 0 Å². The fourth-order valence-electron chi connectivity index (χ4n) is 4.21. The molecule has 0 spiro atoms. The van der Waals surface area contributed by atoms with Gasteiger partial charge in [0.2, 0.25) is 11.8 Å². The van der Waals surface area contributed by atoms with Crippen molar-refractivity contribution in [3.63, 3.8) is 0 Å². The Morgan fingerprint density at radius 2 is 1.74 bits per heavy atom. The summed E-state index contributed by atoms with van der Waals surface area (Å²) in [5, 5.41) is 2.90. The Hall–Kier alpha value is -3.42. The molecule has 0 radical (unpaired) electrons. The van der Waals surface area contributed by atoms with Gasteiger partial charge < -0.3 is 19.9 Å². The molecule has 2 fully saturated rings. The largest absolute Gasteiger partial charge is 0.484 e. The Morgan fingerprint density at radius 1 is 1.00 bits per heavy atom. The lowest BCUT2D eigenvalue weighted by Gasteiger charge is -2.32. The minimum absolute atomic E-state index is 0.0289. The Morgan fingerprint density at radius 3 is 2.44 bits per heavy atom. The number of nitrogens with zero attached hydrogens (tertiary/aromatic N) is 2. The van der Waals surface area contributed by atoms with E-state index in [1.807, 2.05) is 35.2 Å². The second-order valence-electron chi connectivity index (χ2n) is 8.76. The van der Waals surface area contributed by atoms with Gasteiger partial charge in [-0.2, -0.15) is 0 Å². The second-order valence-corrected chi connectivity index (χ2v) is 8.76. The lowest BCUT2D eigenvalue weighted by molar-refractivity contribution is -0.136. The zero-order valence-corrected chi connectivity index (χ0v) is 19.1. The van der Waals surface area contributed by atoms with E-state index in [4.69, 9.17) is 4.74 Å². The van der Waals surface area contributed by atoms with Crippen molar-refractivity contribution in [2.24, 2.45) is 5.92 Å². The van der Waals surface area contributed by atoms with Crippen molar-refractivity contribution in [3.05, 3.63) is 66.0 Å². The van der Waals surface area contributed by atoms with E-state index in [1.165, 1.54) is 24.3 Å². The van der Waals surface area contributed by atoms with E-state index in [0.29, 0.717) is 38.3 Å². The normalized spacial score (nSPS) is 19.7. The molecule has 0 bridgehead atoms. The number of carbonyl (C=O) groups excluding carboxylic acids is 3. The fourth-order valence-corrected chi connectivity index (χ4v) is 4.21. The summed E-state index contributed by atoms with van der Waals surface area (Å²) in [5.74, 6) is -0.232. The Labute approximate surface area is 198 Å². The maximum atomic E-state index is 13.2. The van der Waals surface area contributed by atoms with Gasteiger partial charge in [-0.3, -0.25) is 14.4 Å². The second kappa shape index (κ2) is 11.1. The quantitative estimate of drug-likeness (QED) is 0.734. The lowest BCUT2D eigenvalue weighted by Crippen LogP contribution is -2.41. The topological polar surface area (TPSA) is 79.0 Å². The van der Waals surface area contributed by atoms with Gasteiger partial charge in [-0.25, -0.2) is 4.39 Å². The van der Waals surface area contributed by atoms with Crippen molar-refractivity contribution in [2.75, 3.05) is 32.8 Å². The number of hydrogen-bond acceptors (Lipinski definition) is 4. The van der Waals surface area contributed by atoms with Crippen LogP contribution in [0.3, 0.4) is 0 Å². The number of nitrogens with one attached hydrogen (secondary N) is 1. The Balaban J connectivity index is 1.45. The minimum Gasteiger partial charge on any atom is -0.484 e. The molecule has 1 saturated heterocycles. The molecule has 1 heterocycles. The molecule has 1 saturated carbocycles. The molecule has 2 aliphatic rings. The first-order valence-corrected chi connectivity index (χ1v) is 11.8. The Kier molecular flexibility index (Phi) is 7.77. The van der Waals surface area contributed by atoms with Crippen LogP contribution in [0.1, 0.15) is 37.3 Å². The van der Waals surface area contributed by atoms with Gasteiger partial charge in [0.15, 0.2) is 6.61 Å². The minimum atomic E-state index is -0.374. The molecule has 1 N–H and O–H groups in total. The van der Waals surface area contributed by atoms with Gasteiger partial charge in [0.1, 0.15) is 11.6 Å². The van der Waals surface area contributed by atoms with E-state index in [0.717, 1.165) is 18.4 Å². The molecule has 1 unspecified atom stereocenters. The van der Waals surface area contributed by atoms with Crippen LogP contribution in [0.5, 0.6) is 5.75 Å². The SMILES string of the molecule is O=C1CC(c2ccccc2)N(C(=O)C2CC2)CCCN(C(=O)COc2ccc(F)cc2)CCN1. The van der Waals surface area contributed by atoms with E-state index in [-0.39, 0.29) is 48.5 Å². The smallest absolute Gasteiger partial charge is 0.260 e. The fraction of sp³-hybridized carbons (Fsp3) is 0.423. The summed E-state index contributed by atoms with van der Waals surface area (Å²) in [7, 11) is 0. The first-order valence-electron chi connectivity index (χ1n) is 11.8. The van der Waals surface area contributed by atoms with Crippen LogP contribution in [0.25, 0.3) is 0 Å². The van der Waals surface area contributed by atoms with Gasteiger partial charge in [0.25, 0.3) is 5.91 Å². The third-order valence-corrected chi connectivity index (χ3v) is 6.21. The summed E-state index contributed by atoms with van der Waals surface area (Å²) in [6.45, 7) is 1.39. The summed E-state index contributed by atoms with van der Waals surface area (Å²) in [5.41, 5.74) is 0.937. The van der Waals surface area contributed by atoms with Crippen LogP contribution in [0.15, 0.2) is 54.6 Å². The van der Waals surface area contributed by atoms with E-state index in [1.54, 1.807) is 4.90 Å². The van der Waals surface area contributed by atoms with E-state index in [2.05, 4.69) is 5.32 Å². The summed E-state index contributed by atoms with van der Waals surface area (Å²) in [6, 6.07) is 14.8. The number of hydrogen-bond donors (Lipinski definition) is 1. The molecule has 1 atom stereocenters. The predicted octanol–water partition coefficient (Wildman–Crippen LogP) is 2.92. The Bertz CT molecular complexity index is 995. The van der Waals surface area contributed by atoms with Gasteiger partial charge in [-0.15, -0.1) is 0 Å². The first-order chi connectivity index (χ1) is 16.5. The maximum Gasteiger partial charge on any atom is 0.260 e. The molecule has 180 valence electrons. The highest BCUT2D eigenvalue weighted by atomic mass is 19.1. The highest BCUT2D eigenvalue weighted by molar-refractivity contribution is 5.83. The molecule has 34 heavy (non-hydrogen) atoms. The molecule has 2 aromatic carbocycles. The average Bonchev–Trinajstić information content (AvgIpc) is 3.69. The molecule has 0 aromatic heterocycles. The van der Waals surface area contributed by atoms with Gasteiger partial charge in [0.05, 0.1) is 12.5 Å². The third-order valence-electron chi connectivity index (χ3n) is 6.21. The number of carbonyl (C=O) groups is 3. The molecule has 2 aromatic rings. The molecule has 7 nitrogen and oxygen atoms in total. The zero-order valence-electron chi connectivity index (χ0n) is 19.1. The monoisotopic (exact) mass is 467 g/mol. The van der Waals surface area contributed by atoms with Crippen LogP contribution >= 0.6 is 0 Å². The number of amides is 3. The van der Waals surface area contributed by atoms with Crippen molar-refractivity contribution in [1.82, 2.24) is 15.1 Å². The van der Waals surface area contributed by atoms with Crippen LogP contribution in [0.2, 0.25) is 0 Å². The number of rotatable bonds is 5. The molecule has 8 heteroatoms. The molecule has 4 rings (SSSR count). The van der Waals surface area contributed by atoms with Crippen molar-refractivity contribution in [2.45, 2.75) is 31.7 Å². The van der Waals surface area contributed by atoms with Crippen molar-refractivity contribution >= 4 is 17.7 Å². The highest BCUT2D eigenvalue weighted by Crippen LogP contribution is 2.35. The summed E-state index contributed by atoms with van der Waals surface area (Å²) >= 11 is 0. The summed E-state index contributed by atoms with van der Waals surface area (Å²) < 4.78 is 18.6. The van der Waals surface area contributed by atoms with Gasteiger partial charge >= 0.3 is 0 Å². The number of benzene rings is 2. The van der Waals surface area contributed by atoms with Gasteiger partial charge in [-0.1, -0.05) is 30.3 Å². The molecule has 1 aliphatic carbocycles. The lowest BCUT2D eigenvalue weighted by atomic mass is 10.0. The average molecular weight is 468 g/mol. The molecular formula is C26H30FN3O4. The van der Waals surface area contributed by atoms with Crippen molar-refractivity contribution in [1.29, 1.82) is 0 Å². The molecule has 3 amide bonds. The molecule has 1 aliphatic heterocycles. The van der Waals surface area contributed by atoms with Crippen LogP contribution in [0, 0.1) is 11.7 Å². The van der Waals surface area contributed by atoms with Gasteiger partial charge in [-0.05, 0) is 49.1 Å². The third kappa shape index (κ3) is 6.34. The summed E-state index contributed by atoms with van der Waals surface area (Å²) in [4.78, 5) is 42.2. The standard InChI is InChI=1S/C26H30FN3O4/c27-21-9-11-22(12-10-21)34-18-25(32)29-14-4-15-30(26(33)20-7-8-20)23(17-24(31)28-13-16-29)19-5-2-1-3-6-19/h1-3,5-6,9-12,20,23H,4,7-8,13-18H2,(H,28,31). The van der Waals surface area contributed by atoms with Crippen LogP contribution in [0.4, 0.5) is 4.39 Å². The summed E-state index contributed by atoms with van der Waals surface area (Å²) in [6.07, 6.45) is 2.55. The zero-order chi connectivity index (χ0) is 23.9. The maximum absolute atomic E-state index is 13.2. The predicted molar refractivity (Wildman–Crippen MR) is 124 cm³/mol.